The first-order valence-corrected chi connectivity index (χ1v) is 24.6. The van der Waals surface area contributed by atoms with Gasteiger partial charge in [-0.1, -0.05) is 49.3 Å². The second-order valence-electron chi connectivity index (χ2n) is 18.4. The maximum absolute atomic E-state index is 15.1. The Morgan fingerprint density at radius 3 is 2.53 bits per heavy atom. The van der Waals surface area contributed by atoms with Gasteiger partial charge in [-0.25, -0.2) is 18.2 Å². The number of carbonyl (C=O) groups is 4. The number of sulfonamides is 1. The molecule has 5 fully saturated rings. The molecule has 2 bridgehead atoms. The standard InChI is InChI=1S/C48H58N6O9S/c1-2-32-28-48(32,46(57)53-64(59,60)35-22-23-35)52-43(55)39-27-34-29-54(39)45(56)41(31-14-6-7-15-31)51-47(58)63-40-21-12-16-30(40)13-4-3-5-19-37-42(61-26-24-33-17-10-11-25-49-33)36-18-8-9-20-38(36)50-44(37)62-34/h2-3,5,8-11,17-18,20,25,30-32,34-35,39-41H,1,4,6-7,12-16,19,21-24,26-29H2,(H,51,58)(H,52,55)(H,53,57)/t30-,32-,34-,39+,40-,41+,48-/m1/s1. The summed E-state index contributed by atoms with van der Waals surface area (Å²) in [7, 11) is -3.92. The zero-order valence-corrected chi connectivity index (χ0v) is 36.9. The lowest BCUT2D eigenvalue weighted by atomic mass is 9.96. The van der Waals surface area contributed by atoms with Crippen LogP contribution in [0.1, 0.15) is 94.7 Å². The second-order valence-corrected chi connectivity index (χ2v) is 20.3. The molecule has 2 aromatic heterocycles. The van der Waals surface area contributed by atoms with Gasteiger partial charge < -0.3 is 29.7 Å². The van der Waals surface area contributed by atoms with Gasteiger partial charge in [0.15, 0.2) is 0 Å². The van der Waals surface area contributed by atoms with E-state index in [1.165, 1.54) is 11.0 Å². The molecule has 4 heterocycles. The quantitative estimate of drug-likeness (QED) is 0.203. The summed E-state index contributed by atoms with van der Waals surface area (Å²) < 4.78 is 47.6. The fraction of sp³-hybridized carbons (Fsp3) is 0.542. The first kappa shape index (κ1) is 43.7. The van der Waals surface area contributed by atoms with Crippen LogP contribution in [0.15, 0.2) is 73.5 Å². The van der Waals surface area contributed by atoms with Crippen LogP contribution in [0.5, 0.6) is 11.6 Å². The average molecular weight is 895 g/mol. The van der Waals surface area contributed by atoms with Crippen molar-refractivity contribution in [2.24, 2.45) is 17.8 Å². The Balaban J connectivity index is 1.07. The Kier molecular flexibility index (Phi) is 12.7. The molecule has 3 N–H and O–H groups in total. The topological polar surface area (TPSA) is 195 Å². The number of amides is 4. The molecule has 7 atom stereocenters. The van der Waals surface area contributed by atoms with E-state index < -0.39 is 68.7 Å². The number of fused-ring (bicyclic) bond motifs is 5. The van der Waals surface area contributed by atoms with Crippen molar-refractivity contribution in [2.75, 3.05) is 13.2 Å². The molecule has 9 rings (SSSR count). The summed E-state index contributed by atoms with van der Waals surface area (Å²) in [6.45, 7) is 4.16. The van der Waals surface area contributed by atoms with Gasteiger partial charge in [-0.2, -0.15) is 0 Å². The number of aromatic nitrogens is 2. The van der Waals surface area contributed by atoms with Gasteiger partial charge in [0.25, 0.3) is 5.91 Å². The molecule has 16 heteroatoms. The molecule has 4 amide bonds. The minimum absolute atomic E-state index is 0.0264. The van der Waals surface area contributed by atoms with E-state index in [2.05, 4.69) is 39.1 Å². The lowest BCUT2D eigenvalue weighted by Gasteiger charge is -2.32. The molecule has 0 unspecified atom stereocenters. The van der Waals surface area contributed by atoms with E-state index in [1.807, 2.05) is 42.5 Å². The normalized spacial score (nSPS) is 28.7. The van der Waals surface area contributed by atoms with E-state index in [9.17, 15) is 22.8 Å². The van der Waals surface area contributed by atoms with E-state index in [0.717, 1.165) is 61.6 Å². The van der Waals surface area contributed by atoms with Crippen LogP contribution in [-0.4, -0.2) is 95.3 Å². The maximum atomic E-state index is 15.1. The zero-order valence-electron chi connectivity index (χ0n) is 36.1. The molecule has 2 aliphatic heterocycles. The third-order valence-corrected chi connectivity index (χ3v) is 15.9. The van der Waals surface area contributed by atoms with Gasteiger partial charge >= 0.3 is 6.09 Å². The van der Waals surface area contributed by atoms with Gasteiger partial charge in [-0.3, -0.25) is 24.1 Å². The number of hydrogen-bond acceptors (Lipinski definition) is 11. The molecule has 0 spiro atoms. The largest absolute Gasteiger partial charge is 0.492 e. The monoisotopic (exact) mass is 894 g/mol. The highest BCUT2D eigenvalue weighted by Crippen LogP contribution is 2.46. The van der Waals surface area contributed by atoms with Gasteiger partial charge in [0.05, 0.1) is 29.5 Å². The number of pyridine rings is 2. The van der Waals surface area contributed by atoms with Crippen LogP contribution in [0.3, 0.4) is 0 Å². The van der Waals surface area contributed by atoms with Gasteiger partial charge in [0.2, 0.25) is 27.7 Å². The number of hydrogen-bond donors (Lipinski definition) is 3. The first-order chi connectivity index (χ1) is 31.0. The lowest BCUT2D eigenvalue weighted by molar-refractivity contribution is -0.142. The number of allylic oxidation sites excluding steroid dienone is 2. The number of rotatable bonds is 11. The molecule has 4 aliphatic carbocycles. The van der Waals surface area contributed by atoms with E-state index >= 15 is 4.79 Å². The summed E-state index contributed by atoms with van der Waals surface area (Å²) >= 11 is 0. The van der Waals surface area contributed by atoms with Crippen molar-refractivity contribution in [3.8, 4) is 11.6 Å². The molecule has 4 saturated carbocycles. The van der Waals surface area contributed by atoms with Crippen molar-refractivity contribution in [1.82, 2.24) is 30.2 Å². The highest BCUT2D eigenvalue weighted by Gasteiger charge is 2.62. The molecule has 0 radical (unpaired) electrons. The minimum atomic E-state index is -3.92. The molecule has 6 aliphatic rings. The van der Waals surface area contributed by atoms with Crippen molar-refractivity contribution in [3.05, 3.63) is 84.7 Å². The third kappa shape index (κ3) is 9.34. The number of nitrogens with one attached hydrogen (secondary N) is 3. The predicted molar refractivity (Wildman–Crippen MR) is 238 cm³/mol. The van der Waals surface area contributed by atoms with Gasteiger partial charge in [-0.05, 0) is 107 Å². The molecule has 1 aromatic carbocycles. The van der Waals surface area contributed by atoms with E-state index in [1.54, 1.807) is 6.20 Å². The number of para-hydroxylation sites is 1. The second kappa shape index (κ2) is 18.5. The van der Waals surface area contributed by atoms with Crippen molar-refractivity contribution >= 4 is 44.7 Å². The van der Waals surface area contributed by atoms with Crippen LogP contribution >= 0.6 is 0 Å². The molecule has 1 saturated heterocycles. The fourth-order valence-corrected chi connectivity index (χ4v) is 11.6. The summed E-state index contributed by atoms with van der Waals surface area (Å²) in [6.07, 6.45) is 15.3. The Hall–Kier alpha value is -5.51. The number of nitrogens with zero attached hydrogens (tertiary/aromatic N) is 3. The van der Waals surface area contributed by atoms with Crippen LogP contribution in [0.4, 0.5) is 4.79 Å². The fourth-order valence-electron chi connectivity index (χ4n) is 10.3. The Morgan fingerprint density at radius 2 is 1.77 bits per heavy atom. The SMILES string of the molecule is C=C[C@@H]1C[C@]1(NC(=O)[C@@H]1C[C@@H]2CN1C(=O)[C@H](C1CCCC1)NC(=O)O[C@@H]1CCC[C@H]1CCC=CCc1c(nc3ccccc3c1OCCc1ccccn1)O2)C(=O)NS(=O)(=O)C1CC1. The summed E-state index contributed by atoms with van der Waals surface area (Å²) in [4.78, 5) is 68.3. The predicted octanol–water partition coefficient (Wildman–Crippen LogP) is 5.62. The molecule has 64 heavy (non-hydrogen) atoms. The van der Waals surface area contributed by atoms with Gasteiger partial charge in [0, 0.05) is 36.0 Å². The van der Waals surface area contributed by atoms with Crippen molar-refractivity contribution in [3.63, 3.8) is 0 Å². The van der Waals surface area contributed by atoms with Crippen molar-refractivity contribution < 1.29 is 41.8 Å². The third-order valence-electron chi connectivity index (χ3n) is 14.1. The summed E-state index contributed by atoms with van der Waals surface area (Å²) in [5.41, 5.74) is 0.699. The van der Waals surface area contributed by atoms with Crippen LogP contribution in [0.2, 0.25) is 0 Å². The summed E-state index contributed by atoms with van der Waals surface area (Å²) in [6, 6.07) is 11.4. The number of ether oxygens (including phenoxy) is 3. The summed E-state index contributed by atoms with van der Waals surface area (Å²) in [5.74, 6) is -1.51. The number of carbonyl (C=O) groups excluding carboxylic acids is 4. The molecular formula is C48H58N6O9S. The van der Waals surface area contributed by atoms with E-state index in [-0.39, 0.29) is 37.3 Å². The lowest BCUT2D eigenvalue weighted by Crippen LogP contribution is -2.59. The number of alkyl carbamates (subject to hydrolysis) is 1. The smallest absolute Gasteiger partial charge is 0.408 e. The minimum Gasteiger partial charge on any atom is -0.492 e. The zero-order chi connectivity index (χ0) is 44.4. The maximum Gasteiger partial charge on any atom is 0.408 e. The molecular weight excluding hydrogens is 837 g/mol. The molecule has 3 aromatic rings. The highest BCUT2D eigenvalue weighted by atomic mass is 32.2. The highest BCUT2D eigenvalue weighted by molar-refractivity contribution is 7.91. The van der Waals surface area contributed by atoms with Crippen LogP contribution in [0, 0.1) is 17.8 Å². The Morgan fingerprint density at radius 1 is 0.969 bits per heavy atom. The molecule has 15 nitrogen and oxygen atoms in total. The van der Waals surface area contributed by atoms with E-state index in [4.69, 9.17) is 19.2 Å². The van der Waals surface area contributed by atoms with Crippen LogP contribution in [0.25, 0.3) is 10.9 Å². The molecule has 340 valence electrons. The first-order valence-electron chi connectivity index (χ1n) is 23.1. The Bertz CT molecular complexity index is 2400. The summed E-state index contributed by atoms with van der Waals surface area (Å²) in [5, 5.41) is 6.01. The number of benzene rings is 1. The van der Waals surface area contributed by atoms with Crippen LogP contribution < -0.4 is 24.8 Å². The van der Waals surface area contributed by atoms with Gasteiger partial charge in [0.1, 0.15) is 35.6 Å². The van der Waals surface area contributed by atoms with E-state index in [0.29, 0.717) is 62.3 Å². The Labute approximate surface area is 374 Å². The van der Waals surface area contributed by atoms with Crippen molar-refractivity contribution in [2.45, 2.75) is 131 Å². The average Bonchev–Trinajstić information content (AvgIpc) is 4.08. The van der Waals surface area contributed by atoms with Crippen LogP contribution in [-0.2, 0) is 42.0 Å². The van der Waals surface area contributed by atoms with Gasteiger partial charge in [-0.15, -0.1) is 6.58 Å². The van der Waals surface area contributed by atoms with Crippen molar-refractivity contribution in [1.29, 1.82) is 0 Å².